The SMILES string of the molecule is CN(C[C@H]1C[C@@H](N2CCC3C(N)NCNC32)[C@H](O)[C@@H]1O)[C@H]1C[C@H](CCC2Nc3ccc(C(C)(C)C)cc3N2)C1. The van der Waals surface area contributed by atoms with Gasteiger partial charge in [0, 0.05) is 43.7 Å². The number of hydrogen-bond donors (Lipinski definition) is 7. The fraction of sp³-hybridized carbons (Fsp3) is 0.800. The zero-order valence-electron chi connectivity index (χ0n) is 24.2. The Bertz CT molecular complexity index is 1010. The molecule has 0 bridgehead atoms. The summed E-state index contributed by atoms with van der Waals surface area (Å²) in [6.07, 6.45) is 5.81. The summed E-state index contributed by atoms with van der Waals surface area (Å²) in [5, 5.41) is 36.2. The molecule has 2 saturated heterocycles. The molecule has 9 nitrogen and oxygen atoms in total. The number of rotatable bonds is 7. The molecule has 0 amide bonds. The van der Waals surface area contributed by atoms with Crippen LogP contribution in [0.4, 0.5) is 11.4 Å². The summed E-state index contributed by atoms with van der Waals surface area (Å²) in [6.45, 7) is 9.24. The van der Waals surface area contributed by atoms with Crippen LogP contribution < -0.4 is 27.0 Å². The highest BCUT2D eigenvalue weighted by molar-refractivity contribution is 5.75. The zero-order valence-corrected chi connectivity index (χ0v) is 24.2. The number of likely N-dealkylation sites (tertiary alicyclic amines) is 1. The molecule has 2 aliphatic carbocycles. The van der Waals surface area contributed by atoms with Crippen LogP contribution in [0.15, 0.2) is 18.2 Å². The second-order valence-electron chi connectivity index (χ2n) is 14.2. The van der Waals surface area contributed by atoms with E-state index >= 15 is 0 Å². The summed E-state index contributed by atoms with van der Waals surface area (Å²) in [7, 11) is 2.20. The second-order valence-corrected chi connectivity index (χ2v) is 14.2. The van der Waals surface area contributed by atoms with Crippen LogP contribution in [-0.2, 0) is 5.41 Å². The molecule has 4 unspecified atom stereocenters. The summed E-state index contributed by atoms with van der Waals surface area (Å²) in [5.74, 6) is 1.21. The molecular weight excluding hydrogens is 490 g/mol. The largest absolute Gasteiger partial charge is 0.390 e. The molecule has 1 aromatic carbocycles. The second kappa shape index (κ2) is 10.7. The van der Waals surface area contributed by atoms with Crippen molar-refractivity contribution in [2.45, 2.75) is 108 Å². The lowest BCUT2D eigenvalue weighted by Crippen LogP contribution is -2.64. The van der Waals surface area contributed by atoms with Crippen molar-refractivity contribution in [3.8, 4) is 0 Å². The minimum Gasteiger partial charge on any atom is -0.390 e. The Morgan fingerprint density at radius 1 is 1.03 bits per heavy atom. The lowest BCUT2D eigenvalue weighted by Gasteiger charge is -2.43. The number of benzene rings is 1. The van der Waals surface area contributed by atoms with E-state index in [0.717, 1.165) is 38.3 Å². The number of nitrogens with zero attached hydrogens (tertiary/aromatic N) is 2. The molecule has 0 radical (unpaired) electrons. The van der Waals surface area contributed by atoms with Gasteiger partial charge in [-0.3, -0.25) is 15.5 Å². The average molecular weight is 542 g/mol. The van der Waals surface area contributed by atoms with Crippen LogP contribution in [0.1, 0.15) is 64.9 Å². The first-order valence-corrected chi connectivity index (χ1v) is 15.3. The maximum Gasteiger partial charge on any atom is 0.0964 e. The van der Waals surface area contributed by atoms with E-state index in [1.165, 1.54) is 36.2 Å². The van der Waals surface area contributed by atoms with E-state index in [4.69, 9.17) is 5.73 Å². The highest BCUT2D eigenvalue weighted by Crippen LogP contribution is 2.41. The minimum absolute atomic E-state index is 0.00430. The van der Waals surface area contributed by atoms with Crippen LogP contribution in [0.2, 0.25) is 0 Å². The van der Waals surface area contributed by atoms with E-state index in [1.807, 2.05) is 0 Å². The third-order valence-electron chi connectivity index (χ3n) is 10.6. The summed E-state index contributed by atoms with van der Waals surface area (Å²) in [5.41, 5.74) is 10.3. The van der Waals surface area contributed by atoms with Crippen molar-refractivity contribution >= 4 is 11.4 Å². The van der Waals surface area contributed by atoms with Crippen LogP contribution in [-0.4, -0.2) is 89.6 Å². The topological polar surface area (TPSA) is 121 Å². The minimum atomic E-state index is -0.695. The number of aliphatic hydroxyl groups is 2. The number of nitrogens with two attached hydrogens (primary N) is 1. The third-order valence-corrected chi connectivity index (χ3v) is 10.6. The molecule has 0 aromatic heterocycles. The monoisotopic (exact) mass is 541 g/mol. The molecule has 3 heterocycles. The molecular formula is C30H51N7O2. The first kappa shape index (κ1) is 27.7. The summed E-state index contributed by atoms with van der Waals surface area (Å²) in [6, 6.07) is 7.34. The predicted octanol–water partition coefficient (Wildman–Crippen LogP) is 1.83. The summed E-state index contributed by atoms with van der Waals surface area (Å²) in [4.78, 5) is 4.83. The van der Waals surface area contributed by atoms with Crippen molar-refractivity contribution < 1.29 is 10.2 Å². The standard InChI is InChI=1S/C30H51N7O2/c1-30(2,3)19-6-7-22-23(14-19)35-25(34-22)8-5-17-11-20(12-17)36(4)15-18-13-24(27(39)26(18)38)37-10-9-21-28(31)32-16-33-29(21)37/h6-7,14,17-18,20-21,24-29,32-35,38-39H,5,8-13,15-16,31H2,1-4H3/t17-,18-,20-,21?,24-,25?,26-,27+,28?,29?/m1/s1. The predicted molar refractivity (Wildman–Crippen MR) is 156 cm³/mol. The smallest absolute Gasteiger partial charge is 0.0964 e. The van der Waals surface area contributed by atoms with Crippen molar-refractivity contribution in [1.29, 1.82) is 0 Å². The Hall–Kier alpha value is -1.46. The van der Waals surface area contributed by atoms with Crippen molar-refractivity contribution in [3.05, 3.63) is 23.8 Å². The molecule has 8 atom stereocenters. The Morgan fingerprint density at radius 3 is 2.56 bits per heavy atom. The van der Waals surface area contributed by atoms with Crippen LogP contribution in [0.3, 0.4) is 0 Å². The Kier molecular flexibility index (Phi) is 7.63. The van der Waals surface area contributed by atoms with Crippen LogP contribution >= 0.6 is 0 Å². The number of anilines is 2. The van der Waals surface area contributed by atoms with E-state index in [-0.39, 0.29) is 29.7 Å². The van der Waals surface area contributed by atoms with Crippen LogP contribution in [0.5, 0.6) is 0 Å². The van der Waals surface area contributed by atoms with Gasteiger partial charge in [-0.2, -0.15) is 0 Å². The van der Waals surface area contributed by atoms with Crippen LogP contribution in [0.25, 0.3) is 0 Å². The lowest BCUT2D eigenvalue weighted by molar-refractivity contribution is -0.0279. The normalized spacial score (nSPS) is 40.2. The van der Waals surface area contributed by atoms with Gasteiger partial charge >= 0.3 is 0 Å². The van der Waals surface area contributed by atoms with Crippen molar-refractivity contribution in [2.75, 3.05) is 37.4 Å². The molecule has 4 fully saturated rings. The summed E-state index contributed by atoms with van der Waals surface area (Å²) >= 11 is 0. The van der Waals surface area contributed by atoms with Gasteiger partial charge in [-0.1, -0.05) is 26.8 Å². The van der Waals surface area contributed by atoms with Crippen molar-refractivity contribution in [1.82, 2.24) is 20.4 Å². The van der Waals surface area contributed by atoms with E-state index in [2.05, 4.69) is 77.1 Å². The number of fused-ring (bicyclic) bond motifs is 2. The molecule has 9 heteroatoms. The number of hydrogen-bond acceptors (Lipinski definition) is 9. The highest BCUT2D eigenvalue weighted by Gasteiger charge is 2.50. The Morgan fingerprint density at radius 2 is 1.79 bits per heavy atom. The quantitative estimate of drug-likeness (QED) is 0.277. The molecule has 5 aliphatic rings. The Labute approximate surface area is 234 Å². The molecule has 1 aromatic rings. The summed E-state index contributed by atoms with van der Waals surface area (Å²) < 4.78 is 0. The fourth-order valence-electron chi connectivity index (χ4n) is 7.93. The van der Waals surface area contributed by atoms with Crippen LogP contribution in [0, 0.1) is 17.8 Å². The van der Waals surface area contributed by atoms with Gasteiger partial charge < -0.3 is 31.5 Å². The van der Waals surface area contributed by atoms with Gasteiger partial charge in [-0.05, 0) is 74.6 Å². The molecule has 218 valence electrons. The molecule has 39 heavy (non-hydrogen) atoms. The van der Waals surface area contributed by atoms with Gasteiger partial charge in [0.05, 0.1) is 42.1 Å². The van der Waals surface area contributed by atoms with E-state index in [1.54, 1.807) is 0 Å². The zero-order chi connectivity index (χ0) is 27.5. The molecule has 0 spiro atoms. The number of aliphatic hydroxyl groups excluding tert-OH is 2. The average Bonchev–Trinajstić information content (AvgIpc) is 3.54. The molecule has 3 aliphatic heterocycles. The van der Waals surface area contributed by atoms with E-state index in [9.17, 15) is 10.2 Å². The van der Waals surface area contributed by atoms with Gasteiger partial charge in [0.25, 0.3) is 0 Å². The first-order valence-electron chi connectivity index (χ1n) is 15.3. The maximum absolute atomic E-state index is 11.0. The van der Waals surface area contributed by atoms with Gasteiger partial charge in [0.1, 0.15) is 0 Å². The van der Waals surface area contributed by atoms with Gasteiger partial charge in [0.2, 0.25) is 0 Å². The molecule has 8 N–H and O–H groups in total. The van der Waals surface area contributed by atoms with Gasteiger partial charge in [-0.25, -0.2) is 0 Å². The maximum atomic E-state index is 11.0. The number of nitrogens with one attached hydrogen (secondary N) is 4. The molecule has 2 saturated carbocycles. The van der Waals surface area contributed by atoms with Crippen molar-refractivity contribution in [2.24, 2.45) is 23.5 Å². The van der Waals surface area contributed by atoms with Gasteiger partial charge in [-0.15, -0.1) is 0 Å². The lowest BCUT2D eigenvalue weighted by atomic mass is 9.76. The van der Waals surface area contributed by atoms with Crippen molar-refractivity contribution in [3.63, 3.8) is 0 Å². The third kappa shape index (κ3) is 5.44. The highest BCUT2D eigenvalue weighted by atomic mass is 16.3. The Balaban J connectivity index is 0.941. The fourth-order valence-corrected chi connectivity index (χ4v) is 7.93. The molecule has 6 rings (SSSR count). The first-order chi connectivity index (χ1) is 18.6. The van der Waals surface area contributed by atoms with E-state index in [0.29, 0.717) is 24.8 Å². The van der Waals surface area contributed by atoms with Gasteiger partial charge in [0.15, 0.2) is 0 Å². The van der Waals surface area contributed by atoms with E-state index < -0.39 is 12.2 Å².